The van der Waals surface area contributed by atoms with E-state index in [1.807, 2.05) is 13.8 Å². The average molecular weight is 354 g/mol. The highest BCUT2D eigenvalue weighted by molar-refractivity contribution is 5.73. The molecular formula is C19H30O6. The van der Waals surface area contributed by atoms with E-state index in [1.165, 1.54) is 0 Å². The Hall–Kier alpha value is -1.79. The molecule has 6 nitrogen and oxygen atoms in total. The SMILES string of the molecule is CCOC(=O)[C@@H](C(C)C)[C@@H](O)c1ccc(OC)c(OCCCOC)c1. The predicted molar refractivity (Wildman–Crippen MR) is 94.9 cm³/mol. The molecule has 1 rings (SSSR count). The zero-order chi connectivity index (χ0) is 18.8. The molecule has 0 amide bonds. The van der Waals surface area contributed by atoms with Gasteiger partial charge in [0.1, 0.15) is 0 Å². The summed E-state index contributed by atoms with van der Waals surface area (Å²) in [6.07, 6.45) is -0.240. The molecule has 2 atom stereocenters. The van der Waals surface area contributed by atoms with Gasteiger partial charge in [-0.05, 0) is 30.5 Å². The van der Waals surface area contributed by atoms with Crippen LogP contribution in [-0.2, 0) is 14.3 Å². The molecule has 0 bridgehead atoms. The molecule has 142 valence electrons. The van der Waals surface area contributed by atoms with Gasteiger partial charge in [-0.15, -0.1) is 0 Å². The summed E-state index contributed by atoms with van der Waals surface area (Å²) in [5.41, 5.74) is 0.592. The average Bonchev–Trinajstić information content (AvgIpc) is 2.58. The number of benzene rings is 1. The maximum absolute atomic E-state index is 12.2. The molecule has 0 aliphatic heterocycles. The lowest BCUT2D eigenvalue weighted by Gasteiger charge is -2.25. The van der Waals surface area contributed by atoms with Crippen molar-refractivity contribution in [1.29, 1.82) is 0 Å². The van der Waals surface area contributed by atoms with Crippen molar-refractivity contribution in [2.75, 3.05) is 34.0 Å². The molecule has 0 fully saturated rings. The molecule has 1 N–H and O–H groups in total. The fourth-order valence-corrected chi connectivity index (χ4v) is 2.59. The molecular weight excluding hydrogens is 324 g/mol. The molecule has 1 aromatic carbocycles. The van der Waals surface area contributed by atoms with Crippen LogP contribution in [-0.4, -0.2) is 45.1 Å². The number of aliphatic hydroxyl groups excluding tert-OH is 1. The highest BCUT2D eigenvalue weighted by atomic mass is 16.5. The van der Waals surface area contributed by atoms with Crippen molar-refractivity contribution in [3.63, 3.8) is 0 Å². The van der Waals surface area contributed by atoms with Crippen LogP contribution in [0.25, 0.3) is 0 Å². The van der Waals surface area contributed by atoms with Gasteiger partial charge in [-0.1, -0.05) is 19.9 Å². The van der Waals surface area contributed by atoms with E-state index in [2.05, 4.69) is 0 Å². The van der Waals surface area contributed by atoms with E-state index in [9.17, 15) is 9.90 Å². The zero-order valence-electron chi connectivity index (χ0n) is 15.8. The van der Waals surface area contributed by atoms with Crippen LogP contribution >= 0.6 is 0 Å². The Morgan fingerprint density at radius 1 is 1.16 bits per heavy atom. The first-order chi connectivity index (χ1) is 12.0. The van der Waals surface area contributed by atoms with E-state index in [0.29, 0.717) is 30.3 Å². The second kappa shape index (κ2) is 10.9. The lowest BCUT2D eigenvalue weighted by Crippen LogP contribution is -2.29. The van der Waals surface area contributed by atoms with Crippen molar-refractivity contribution in [3.8, 4) is 11.5 Å². The molecule has 1 aromatic rings. The van der Waals surface area contributed by atoms with Gasteiger partial charge >= 0.3 is 5.97 Å². The summed E-state index contributed by atoms with van der Waals surface area (Å²) in [5.74, 6) is -0.00703. The maximum Gasteiger partial charge on any atom is 0.312 e. The first-order valence-electron chi connectivity index (χ1n) is 8.60. The quantitative estimate of drug-likeness (QED) is 0.486. The molecule has 0 aromatic heterocycles. The lowest BCUT2D eigenvalue weighted by atomic mass is 9.86. The van der Waals surface area contributed by atoms with Crippen molar-refractivity contribution in [3.05, 3.63) is 23.8 Å². The molecule has 0 aliphatic rings. The standard InChI is InChI=1S/C19H30O6/c1-6-24-19(21)17(13(2)3)18(20)14-8-9-15(23-5)16(12-14)25-11-7-10-22-4/h8-9,12-13,17-18,20H,6-7,10-11H2,1-5H3/t17-,18-/m0/s1. The Labute approximate surface area is 150 Å². The van der Waals surface area contributed by atoms with E-state index < -0.39 is 18.0 Å². The molecule has 0 unspecified atom stereocenters. The smallest absolute Gasteiger partial charge is 0.312 e. The van der Waals surface area contributed by atoms with E-state index in [4.69, 9.17) is 18.9 Å². The van der Waals surface area contributed by atoms with Crippen LogP contribution in [0.5, 0.6) is 11.5 Å². The highest BCUT2D eigenvalue weighted by Gasteiger charge is 2.32. The van der Waals surface area contributed by atoms with E-state index in [1.54, 1.807) is 39.3 Å². The Morgan fingerprint density at radius 3 is 2.44 bits per heavy atom. The fraction of sp³-hybridized carbons (Fsp3) is 0.632. The lowest BCUT2D eigenvalue weighted by molar-refractivity contribution is -0.154. The monoisotopic (exact) mass is 354 g/mol. The van der Waals surface area contributed by atoms with Crippen molar-refractivity contribution in [1.82, 2.24) is 0 Å². The zero-order valence-corrected chi connectivity index (χ0v) is 15.8. The fourth-order valence-electron chi connectivity index (χ4n) is 2.59. The Bertz CT molecular complexity index is 529. The number of aliphatic hydroxyl groups is 1. The van der Waals surface area contributed by atoms with Gasteiger partial charge < -0.3 is 24.1 Å². The number of esters is 1. The first-order valence-corrected chi connectivity index (χ1v) is 8.60. The summed E-state index contributed by atoms with van der Waals surface area (Å²) in [5, 5.41) is 10.7. The van der Waals surface area contributed by atoms with Gasteiger partial charge in [0.2, 0.25) is 0 Å². The highest BCUT2D eigenvalue weighted by Crippen LogP contribution is 2.35. The van der Waals surface area contributed by atoms with Crippen molar-refractivity contribution >= 4 is 5.97 Å². The third kappa shape index (κ3) is 6.21. The normalized spacial score (nSPS) is 13.4. The summed E-state index contributed by atoms with van der Waals surface area (Å²) in [6.45, 7) is 6.87. The molecule has 0 saturated heterocycles. The van der Waals surface area contributed by atoms with Gasteiger partial charge in [0.25, 0.3) is 0 Å². The molecule has 0 heterocycles. The molecule has 0 saturated carbocycles. The van der Waals surface area contributed by atoms with Gasteiger partial charge in [-0.2, -0.15) is 0 Å². The Kier molecular flexibility index (Phi) is 9.31. The minimum absolute atomic E-state index is 0.0674. The van der Waals surface area contributed by atoms with Crippen molar-refractivity contribution in [2.24, 2.45) is 11.8 Å². The number of rotatable bonds is 11. The van der Waals surface area contributed by atoms with Crippen LogP contribution in [0.3, 0.4) is 0 Å². The number of ether oxygens (including phenoxy) is 4. The first kappa shape index (κ1) is 21.3. The molecule has 6 heteroatoms. The van der Waals surface area contributed by atoms with Gasteiger partial charge in [-0.25, -0.2) is 0 Å². The van der Waals surface area contributed by atoms with Crippen LogP contribution < -0.4 is 9.47 Å². The minimum Gasteiger partial charge on any atom is -0.493 e. The van der Waals surface area contributed by atoms with Crippen LogP contribution in [0, 0.1) is 11.8 Å². The van der Waals surface area contributed by atoms with Gasteiger partial charge in [-0.3, -0.25) is 4.79 Å². The van der Waals surface area contributed by atoms with Crippen LogP contribution in [0.2, 0.25) is 0 Å². The minimum atomic E-state index is -0.980. The van der Waals surface area contributed by atoms with Crippen LogP contribution in [0.15, 0.2) is 18.2 Å². The maximum atomic E-state index is 12.2. The van der Waals surface area contributed by atoms with Gasteiger partial charge in [0, 0.05) is 20.1 Å². The Balaban J connectivity index is 2.99. The van der Waals surface area contributed by atoms with Crippen molar-refractivity contribution < 1.29 is 28.8 Å². The number of hydrogen-bond acceptors (Lipinski definition) is 6. The number of methoxy groups -OCH3 is 2. The van der Waals surface area contributed by atoms with E-state index >= 15 is 0 Å². The van der Waals surface area contributed by atoms with Crippen molar-refractivity contribution in [2.45, 2.75) is 33.3 Å². The molecule has 0 spiro atoms. The summed E-state index contributed by atoms with van der Waals surface area (Å²) in [6, 6.07) is 5.18. The topological polar surface area (TPSA) is 74.2 Å². The van der Waals surface area contributed by atoms with E-state index in [-0.39, 0.29) is 12.5 Å². The van der Waals surface area contributed by atoms with Crippen LogP contribution in [0.4, 0.5) is 0 Å². The summed E-state index contributed by atoms with van der Waals surface area (Å²) < 4.78 is 21.1. The molecule has 25 heavy (non-hydrogen) atoms. The third-order valence-corrected chi connectivity index (χ3v) is 3.90. The molecule has 0 radical (unpaired) electrons. The van der Waals surface area contributed by atoms with Gasteiger partial charge in [0.05, 0.1) is 32.3 Å². The largest absolute Gasteiger partial charge is 0.493 e. The van der Waals surface area contributed by atoms with Gasteiger partial charge in [0.15, 0.2) is 11.5 Å². The second-order valence-corrected chi connectivity index (χ2v) is 6.07. The van der Waals surface area contributed by atoms with Crippen LogP contribution in [0.1, 0.15) is 38.9 Å². The third-order valence-electron chi connectivity index (χ3n) is 3.90. The number of hydrogen-bond donors (Lipinski definition) is 1. The second-order valence-electron chi connectivity index (χ2n) is 6.07. The summed E-state index contributed by atoms with van der Waals surface area (Å²) >= 11 is 0. The number of carbonyl (C=O) groups is 1. The number of carbonyl (C=O) groups excluding carboxylic acids is 1. The molecule has 0 aliphatic carbocycles. The predicted octanol–water partition coefficient (Wildman–Crippen LogP) is 2.98. The van der Waals surface area contributed by atoms with E-state index in [0.717, 1.165) is 6.42 Å². The Morgan fingerprint density at radius 2 is 1.88 bits per heavy atom. The summed E-state index contributed by atoms with van der Waals surface area (Å²) in [4.78, 5) is 12.2. The summed E-state index contributed by atoms with van der Waals surface area (Å²) in [7, 11) is 3.20.